The van der Waals surface area contributed by atoms with Crippen molar-refractivity contribution in [3.63, 3.8) is 0 Å². The zero-order valence-electron chi connectivity index (χ0n) is 11.8. The predicted octanol–water partition coefficient (Wildman–Crippen LogP) is 4.27. The Labute approximate surface area is 126 Å². The third-order valence-electron chi connectivity index (χ3n) is 3.57. The quantitative estimate of drug-likeness (QED) is 0.897. The van der Waals surface area contributed by atoms with Crippen LogP contribution in [0.15, 0.2) is 12.1 Å². The van der Waals surface area contributed by atoms with Crippen molar-refractivity contribution in [1.82, 2.24) is 5.32 Å². The van der Waals surface area contributed by atoms with Gasteiger partial charge in [0.1, 0.15) is 0 Å². The number of hydrogen-bond acceptors (Lipinski definition) is 2. The highest BCUT2D eigenvalue weighted by Gasteiger charge is 2.24. The minimum Gasteiger partial charge on any atom is -0.368 e. The van der Waals surface area contributed by atoms with Crippen LogP contribution in [-0.4, -0.2) is 25.2 Å². The fraction of sp³-hybridized carbons (Fsp3) is 0.600. The number of piperidine rings is 1. The molecule has 0 amide bonds. The molecule has 1 atom stereocenters. The molecule has 1 heterocycles. The van der Waals surface area contributed by atoms with Gasteiger partial charge in [0, 0.05) is 25.2 Å². The normalized spacial score (nSPS) is 20.1. The van der Waals surface area contributed by atoms with Gasteiger partial charge in [-0.1, -0.05) is 43.1 Å². The molecule has 2 rings (SSSR count). The molecule has 1 fully saturated rings. The van der Waals surface area contributed by atoms with E-state index in [4.69, 9.17) is 23.2 Å². The maximum Gasteiger partial charge on any atom is 0.0748 e. The zero-order chi connectivity index (χ0) is 14.0. The average Bonchev–Trinajstić information content (AvgIpc) is 2.34. The summed E-state index contributed by atoms with van der Waals surface area (Å²) < 4.78 is 0. The summed E-state index contributed by atoms with van der Waals surface area (Å²) in [5.41, 5.74) is 2.08. The monoisotopic (exact) mass is 300 g/mol. The maximum absolute atomic E-state index is 6.44. The smallest absolute Gasteiger partial charge is 0.0748 e. The van der Waals surface area contributed by atoms with Gasteiger partial charge in [-0.25, -0.2) is 0 Å². The van der Waals surface area contributed by atoms with E-state index in [1.54, 1.807) is 0 Å². The van der Waals surface area contributed by atoms with Crippen molar-refractivity contribution >= 4 is 28.9 Å². The Balaban J connectivity index is 2.20. The Hall–Kier alpha value is -0.440. The van der Waals surface area contributed by atoms with E-state index in [1.807, 2.05) is 19.1 Å². The molecule has 0 spiro atoms. The Kier molecular flexibility index (Phi) is 4.99. The van der Waals surface area contributed by atoms with E-state index in [0.717, 1.165) is 34.4 Å². The lowest BCUT2D eigenvalue weighted by atomic mass is 10.0. The number of nitrogens with zero attached hydrogens (tertiary/aromatic N) is 1. The van der Waals surface area contributed by atoms with E-state index in [0.29, 0.717) is 12.1 Å². The van der Waals surface area contributed by atoms with Gasteiger partial charge in [-0.05, 0) is 31.4 Å². The van der Waals surface area contributed by atoms with Crippen molar-refractivity contribution in [2.75, 3.05) is 18.0 Å². The first-order valence-electron chi connectivity index (χ1n) is 6.94. The van der Waals surface area contributed by atoms with Gasteiger partial charge in [0.05, 0.1) is 15.7 Å². The molecule has 2 nitrogen and oxygen atoms in total. The van der Waals surface area contributed by atoms with Crippen molar-refractivity contribution in [2.45, 2.75) is 45.7 Å². The highest BCUT2D eigenvalue weighted by atomic mass is 35.5. The third kappa shape index (κ3) is 3.56. The number of halogens is 2. The SMILES string of the molecule is Cc1ccc(Cl)c(N2CCCC(NC(C)C)C2)c1Cl. The molecular weight excluding hydrogens is 279 g/mol. The summed E-state index contributed by atoms with van der Waals surface area (Å²) in [5, 5.41) is 5.15. The van der Waals surface area contributed by atoms with Gasteiger partial charge < -0.3 is 10.2 Å². The van der Waals surface area contributed by atoms with Crippen LogP contribution < -0.4 is 10.2 Å². The molecule has 0 saturated carbocycles. The summed E-state index contributed by atoms with van der Waals surface area (Å²) in [4.78, 5) is 2.32. The van der Waals surface area contributed by atoms with Crippen LogP contribution in [0.2, 0.25) is 10.0 Å². The molecule has 106 valence electrons. The highest BCUT2D eigenvalue weighted by Crippen LogP contribution is 2.37. The molecule has 4 heteroatoms. The standard InChI is InChI=1S/C15H22Cl2N2/c1-10(2)18-12-5-4-8-19(9-12)15-13(16)7-6-11(3)14(15)17/h6-7,10,12,18H,4-5,8-9H2,1-3H3. The lowest BCUT2D eigenvalue weighted by Crippen LogP contribution is -2.48. The van der Waals surface area contributed by atoms with Crippen molar-refractivity contribution in [3.05, 3.63) is 27.7 Å². The molecule has 0 aromatic heterocycles. The fourth-order valence-corrected chi connectivity index (χ4v) is 3.33. The number of aryl methyl sites for hydroxylation is 1. The molecule has 0 radical (unpaired) electrons. The molecule has 1 aromatic rings. The van der Waals surface area contributed by atoms with Gasteiger partial charge in [-0.2, -0.15) is 0 Å². The first kappa shape index (κ1) is 15.0. The first-order valence-corrected chi connectivity index (χ1v) is 7.70. The van der Waals surface area contributed by atoms with Crippen LogP contribution in [0.4, 0.5) is 5.69 Å². The van der Waals surface area contributed by atoms with E-state index in [9.17, 15) is 0 Å². The van der Waals surface area contributed by atoms with E-state index < -0.39 is 0 Å². The minimum atomic E-state index is 0.508. The van der Waals surface area contributed by atoms with Gasteiger partial charge in [-0.15, -0.1) is 0 Å². The second-order valence-corrected chi connectivity index (χ2v) is 6.42. The maximum atomic E-state index is 6.44. The number of rotatable bonds is 3. The van der Waals surface area contributed by atoms with Crippen LogP contribution in [0.1, 0.15) is 32.3 Å². The van der Waals surface area contributed by atoms with Crippen molar-refractivity contribution in [1.29, 1.82) is 0 Å². The molecule has 1 aliphatic heterocycles. The van der Waals surface area contributed by atoms with E-state index in [2.05, 4.69) is 24.1 Å². The molecule has 0 aliphatic carbocycles. The molecule has 0 bridgehead atoms. The molecule has 1 aliphatic rings. The van der Waals surface area contributed by atoms with Crippen molar-refractivity contribution in [2.24, 2.45) is 0 Å². The fourth-order valence-electron chi connectivity index (χ4n) is 2.72. The first-order chi connectivity index (χ1) is 8.99. The Morgan fingerprint density at radius 3 is 2.74 bits per heavy atom. The summed E-state index contributed by atoms with van der Waals surface area (Å²) in [7, 11) is 0. The zero-order valence-corrected chi connectivity index (χ0v) is 13.4. The van der Waals surface area contributed by atoms with Gasteiger partial charge in [0.2, 0.25) is 0 Å². The number of nitrogens with one attached hydrogen (secondary N) is 1. The minimum absolute atomic E-state index is 0.508. The lowest BCUT2D eigenvalue weighted by Gasteiger charge is -2.36. The molecule has 1 saturated heterocycles. The summed E-state index contributed by atoms with van der Waals surface area (Å²) >= 11 is 12.8. The van der Waals surface area contributed by atoms with Gasteiger partial charge in [0.25, 0.3) is 0 Å². The molecule has 19 heavy (non-hydrogen) atoms. The Morgan fingerprint density at radius 2 is 2.05 bits per heavy atom. The van der Waals surface area contributed by atoms with Gasteiger partial charge >= 0.3 is 0 Å². The number of anilines is 1. The van der Waals surface area contributed by atoms with E-state index in [-0.39, 0.29) is 0 Å². The molecule has 1 unspecified atom stereocenters. The van der Waals surface area contributed by atoms with Crippen LogP contribution >= 0.6 is 23.2 Å². The van der Waals surface area contributed by atoms with Crippen LogP contribution in [-0.2, 0) is 0 Å². The average molecular weight is 301 g/mol. The summed E-state index contributed by atoms with van der Waals surface area (Å²) in [6, 6.07) is 4.94. The largest absolute Gasteiger partial charge is 0.368 e. The summed E-state index contributed by atoms with van der Waals surface area (Å²) in [6.45, 7) is 8.40. The summed E-state index contributed by atoms with van der Waals surface area (Å²) in [6.07, 6.45) is 2.39. The van der Waals surface area contributed by atoms with E-state index >= 15 is 0 Å². The highest BCUT2D eigenvalue weighted by molar-refractivity contribution is 6.39. The van der Waals surface area contributed by atoms with Crippen molar-refractivity contribution in [3.8, 4) is 0 Å². The van der Waals surface area contributed by atoms with E-state index in [1.165, 1.54) is 12.8 Å². The number of benzene rings is 1. The Bertz CT molecular complexity index is 446. The van der Waals surface area contributed by atoms with Crippen LogP contribution in [0, 0.1) is 6.92 Å². The Morgan fingerprint density at radius 1 is 1.32 bits per heavy atom. The van der Waals surface area contributed by atoms with Crippen LogP contribution in [0.3, 0.4) is 0 Å². The van der Waals surface area contributed by atoms with Gasteiger partial charge in [-0.3, -0.25) is 0 Å². The second kappa shape index (κ2) is 6.34. The van der Waals surface area contributed by atoms with Gasteiger partial charge in [0.15, 0.2) is 0 Å². The predicted molar refractivity (Wildman–Crippen MR) is 84.7 cm³/mol. The summed E-state index contributed by atoms with van der Waals surface area (Å²) in [5.74, 6) is 0. The topological polar surface area (TPSA) is 15.3 Å². The molecule has 1 aromatic carbocycles. The lowest BCUT2D eigenvalue weighted by molar-refractivity contribution is 0.395. The molecular formula is C15H22Cl2N2. The second-order valence-electron chi connectivity index (χ2n) is 5.63. The molecule has 1 N–H and O–H groups in total. The number of hydrogen-bond donors (Lipinski definition) is 1. The van der Waals surface area contributed by atoms with Crippen molar-refractivity contribution < 1.29 is 0 Å². The van der Waals surface area contributed by atoms with Crippen LogP contribution in [0.5, 0.6) is 0 Å². The third-order valence-corrected chi connectivity index (χ3v) is 4.35. The van der Waals surface area contributed by atoms with Crippen LogP contribution in [0.25, 0.3) is 0 Å².